The summed E-state index contributed by atoms with van der Waals surface area (Å²) in [5, 5.41) is 0.548. The van der Waals surface area contributed by atoms with Crippen LogP contribution in [-0.2, 0) is 0 Å². The van der Waals surface area contributed by atoms with Gasteiger partial charge in [0.2, 0.25) is 0 Å². The molecule has 2 aromatic rings. The molecule has 0 spiro atoms. The van der Waals surface area contributed by atoms with Crippen LogP contribution in [0.15, 0.2) is 40.9 Å². The summed E-state index contributed by atoms with van der Waals surface area (Å²) in [7, 11) is 1.42. The lowest BCUT2D eigenvalue weighted by Gasteiger charge is -2.15. The molecule has 0 fully saturated rings. The third-order valence-electron chi connectivity index (χ3n) is 2.83. The van der Waals surface area contributed by atoms with Crippen LogP contribution in [-0.4, -0.2) is 7.11 Å². The standard InChI is InChI=1S/C14H12BrClFNO/c1-19-13-5-2-8(6-12(13)17)14(18)10-7-9(15)3-4-11(10)16/h2-7,14H,18H2,1H3. The summed E-state index contributed by atoms with van der Waals surface area (Å²) in [6.07, 6.45) is 0. The Kier molecular flexibility index (Phi) is 4.45. The van der Waals surface area contributed by atoms with Gasteiger partial charge in [0.05, 0.1) is 13.2 Å². The molecule has 0 radical (unpaired) electrons. The second-order valence-corrected chi connectivity index (χ2v) is 5.36. The van der Waals surface area contributed by atoms with E-state index in [1.54, 1.807) is 18.2 Å². The molecule has 2 nitrogen and oxygen atoms in total. The molecular formula is C14H12BrClFNO. The van der Waals surface area contributed by atoms with Gasteiger partial charge in [0.15, 0.2) is 11.6 Å². The Morgan fingerprint density at radius 2 is 2.00 bits per heavy atom. The van der Waals surface area contributed by atoms with E-state index in [2.05, 4.69) is 15.9 Å². The van der Waals surface area contributed by atoms with Crippen molar-refractivity contribution >= 4 is 27.5 Å². The van der Waals surface area contributed by atoms with Gasteiger partial charge in [-0.05, 0) is 41.5 Å². The van der Waals surface area contributed by atoms with E-state index < -0.39 is 11.9 Å². The summed E-state index contributed by atoms with van der Waals surface area (Å²) in [6, 6.07) is 9.55. The summed E-state index contributed by atoms with van der Waals surface area (Å²) < 4.78 is 19.4. The Balaban J connectivity index is 2.41. The smallest absolute Gasteiger partial charge is 0.165 e. The van der Waals surface area contributed by atoms with Gasteiger partial charge < -0.3 is 10.5 Å². The molecule has 5 heteroatoms. The van der Waals surface area contributed by atoms with Crippen LogP contribution < -0.4 is 10.5 Å². The van der Waals surface area contributed by atoms with Crippen molar-refractivity contribution in [2.24, 2.45) is 5.73 Å². The van der Waals surface area contributed by atoms with E-state index in [0.29, 0.717) is 10.6 Å². The molecule has 2 rings (SSSR count). The fourth-order valence-corrected chi connectivity index (χ4v) is 2.42. The summed E-state index contributed by atoms with van der Waals surface area (Å²) in [4.78, 5) is 0. The molecule has 2 aromatic carbocycles. The average molecular weight is 345 g/mol. The van der Waals surface area contributed by atoms with Crippen molar-refractivity contribution in [1.82, 2.24) is 0 Å². The van der Waals surface area contributed by atoms with Crippen molar-refractivity contribution < 1.29 is 9.13 Å². The highest BCUT2D eigenvalue weighted by Crippen LogP contribution is 2.30. The number of methoxy groups -OCH3 is 1. The highest BCUT2D eigenvalue weighted by atomic mass is 79.9. The van der Waals surface area contributed by atoms with Gasteiger partial charge in [0.1, 0.15) is 0 Å². The number of hydrogen-bond acceptors (Lipinski definition) is 2. The minimum Gasteiger partial charge on any atom is -0.494 e. The van der Waals surface area contributed by atoms with Crippen molar-refractivity contribution in [3.63, 3.8) is 0 Å². The summed E-state index contributed by atoms with van der Waals surface area (Å²) >= 11 is 9.49. The third-order valence-corrected chi connectivity index (χ3v) is 3.67. The van der Waals surface area contributed by atoms with Crippen LogP contribution in [0.4, 0.5) is 4.39 Å². The maximum absolute atomic E-state index is 13.7. The number of halogens is 3. The molecule has 0 bridgehead atoms. The van der Waals surface area contributed by atoms with E-state index in [1.807, 2.05) is 12.1 Å². The molecule has 100 valence electrons. The Morgan fingerprint density at radius 1 is 1.26 bits per heavy atom. The summed E-state index contributed by atoms with van der Waals surface area (Å²) in [5.74, 6) is -0.252. The maximum Gasteiger partial charge on any atom is 0.165 e. The first-order chi connectivity index (χ1) is 9.02. The van der Waals surface area contributed by atoms with Gasteiger partial charge in [-0.2, -0.15) is 0 Å². The second kappa shape index (κ2) is 5.90. The maximum atomic E-state index is 13.7. The van der Waals surface area contributed by atoms with Gasteiger partial charge in [-0.25, -0.2) is 4.39 Å². The minimum absolute atomic E-state index is 0.191. The number of nitrogens with two attached hydrogens (primary N) is 1. The van der Waals surface area contributed by atoms with Gasteiger partial charge >= 0.3 is 0 Å². The fraction of sp³-hybridized carbons (Fsp3) is 0.143. The molecule has 19 heavy (non-hydrogen) atoms. The monoisotopic (exact) mass is 343 g/mol. The summed E-state index contributed by atoms with van der Waals surface area (Å²) in [6.45, 7) is 0. The number of rotatable bonds is 3. The van der Waals surface area contributed by atoms with E-state index in [9.17, 15) is 4.39 Å². The lowest BCUT2D eigenvalue weighted by molar-refractivity contribution is 0.386. The molecule has 0 aliphatic carbocycles. The number of ether oxygens (including phenoxy) is 1. The molecule has 1 atom stereocenters. The Morgan fingerprint density at radius 3 is 2.63 bits per heavy atom. The lowest BCUT2D eigenvalue weighted by atomic mass is 9.99. The van der Waals surface area contributed by atoms with Crippen LogP contribution in [0.25, 0.3) is 0 Å². The van der Waals surface area contributed by atoms with Crippen molar-refractivity contribution in [3.05, 3.63) is 62.8 Å². The van der Waals surface area contributed by atoms with Crippen LogP contribution in [0, 0.1) is 5.82 Å². The normalized spacial score (nSPS) is 12.3. The lowest BCUT2D eigenvalue weighted by Crippen LogP contribution is -2.12. The molecule has 0 aliphatic rings. The molecule has 0 amide bonds. The molecule has 0 saturated carbocycles. The molecule has 0 saturated heterocycles. The molecular weight excluding hydrogens is 333 g/mol. The topological polar surface area (TPSA) is 35.2 Å². The predicted molar refractivity (Wildman–Crippen MR) is 78.1 cm³/mol. The largest absolute Gasteiger partial charge is 0.494 e. The minimum atomic E-state index is -0.495. The van der Waals surface area contributed by atoms with Crippen molar-refractivity contribution in [2.45, 2.75) is 6.04 Å². The van der Waals surface area contributed by atoms with Crippen molar-refractivity contribution in [3.8, 4) is 5.75 Å². The Bertz CT molecular complexity index is 606. The molecule has 0 heterocycles. The first kappa shape index (κ1) is 14.3. The van der Waals surface area contributed by atoms with E-state index >= 15 is 0 Å². The van der Waals surface area contributed by atoms with Crippen LogP contribution in [0.1, 0.15) is 17.2 Å². The average Bonchev–Trinajstić information content (AvgIpc) is 2.40. The van der Waals surface area contributed by atoms with Crippen molar-refractivity contribution in [2.75, 3.05) is 7.11 Å². The predicted octanol–water partition coefficient (Wildman–Crippen LogP) is 4.30. The zero-order valence-corrected chi connectivity index (χ0v) is 12.5. The third kappa shape index (κ3) is 3.08. The van der Waals surface area contributed by atoms with Crippen LogP contribution >= 0.6 is 27.5 Å². The van der Waals surface area contributed by atoms with Gasteiger partial charge in [0.25, 0.3) is 0 Å². The Hall–Kier alpha value is -1.10. The van der Waals surface area contributed by atoms with Gasteiger partial charge in [0, 0.05) is 9.50 Å². The number of hydrogen-bond donors (Lipinski definition) is 1. The summed E-state index contributed by atoms with van der Waals surface area (Å²) in [5.41, 5.74) is 7.51. The van der Waals surface area contributed by atoms with E-state index in [1.165, 1.54) is 13.2 Å². The van der Waals surface area contributed by atoms with Crippen LogP contribution in [0.5, 0.6) is 5.75 Å². The molecule has 0 aromatic heterocycles. The zero-order valence-electron chi connectivity index (χ0n) is 10.2. The highest BCUT2D eigenvalue weighted by Gasteiger charge is 2.15. The van der Waals surface area contributed by atoms with Crippen LogP contribution in [0.3, 0.4) is 0 Å². The van der Waals surface area contributed by atoms with E-state index in [4.69, 9.17) is 22.1 Å². The highest BCUT2D eigenvalue weighted by molar-refractivity contribution is 9.10. The first-order valence-corrected chi connectivity index (χ1v) is 6.74. The van der Waals surface area contributed by atoms with Gasteiger partial charge in [-0.3, -0.25) is 0 Å². The number of benzene rings is 2. The SMILES string of the molecule is COc1ccc(C(N)c2cc(Br)ccc2Cl)cc1F. The quantitative estimate of drug-likeness (QED) is 0.901. The van der Waals surface area contributed by atoms with Gasteiger partial charge in [-0.1, -0.05) is 33.6 Å². The zero-order chi connectivity index (χ0) is 14.0. The van der Waals surface area contributed by atoms with E-state index in [0.717, 1.165) is 10.0 Å². The van der Waals surface area contributed by atoms with Crippen molar-refractivity contribution in [1.29, 1.82) is 0 Å². The molecule has 0 aliphatic heterocycles. The Labute approximate surface area is 124 Å². The fourth-order valence-electron chi connectivity index (χ4n) is 1.81. The first-order valence-electron chi connectivity index (χ1n) is 5.57. The second-order valence-electron chi connectivity index (χ2n) is 4.04. The van der Waals surface area contributed by atoms with Crippen LogP contribution in [0.2, 0.25) is 5.02 Å². The molecule has 2 N–H and O–H groups in total. The molecule has 1 unspecified atom stereocenters. The van der Waals surface area contributed by atoms with E-state index in [-0.39, 0.29) is 5.75 Å². The van der Waals surface area contributed by atoms with Gasteiger partial charge in [-0.15, -0.1) is 0 Å².